The molecule has 0 saturated heterocycles. The van der Waals surface area contributed by atoms with Crippen molar-refractivity contribution in [2.75, 3.05) is 20.1 Å². The van der Waals surface area contributed by atoms with Gasteiger partial charge in [0.2, 0.25) is 11.8 Å². The molecule has 0 bridgehead atoms. The molecule has 7 nitrogen and oxygen atoms in total. The lowest BCUT2D eigenvalue weighted by Gasteiger charge is -2.19. The molecule has 0 aliphatic carbocycles. The van der Waals surface area contributed by atoms with E-state index < -0.39 is 17.6 Å². The van der Waals surface area contributed by atoms with Crippen molar-refractivity contribution in [3.05, 3.63) is 0 Å². The van der Waals surface area contributed by atoms with Crippen molar-refractivity contribution in [2.45, 2.75) is 26.4 Å². The van der Waals surface area contributed by atoms with Gasteiger partial charge < -0.3 is 20.7 Å². The minimum Gasteiger partial charge on any atom is -0.444 e. The molecule has 0 heterocycles. The van der Waals surface area contributed by atoms with Gasteiger partial charge in [0, 0.05) is 7.05 Å². The number of ether oxygens (including phenoxy) is 1. The van der Waals surface area contributed by atoms with Crippen LogP contribution in [0.15, 0.2) is 0 Å². The summed E-state index contributed by atoms with van der Waals surface area (Å²) in [5, 5.41) is 6.96. The molecule has 0 aromatic heterocycles. The molecule has 0 saturated carbocycles. The molecule has 0 unspecified atom stereocenters. The Morgan fingerprint density at radius 2 is 1.53 bits per heavy atom. The quantitative estimate of drug-likeness (QED) is 0.614. The highest BCUT2D eigenvalue weighted by atomic mass is 16.6. The third-order valence-corrected chi connectivity index (χ3v) is 1.52. The molecule has 3 N–H and O–H groups in total. The largest absolute Gasteiger partial charge is 0.444 e. The van der Waals surface area contributed by atoms with Crippen LogP contribution >= 0.6 is 0 Å². The Morgan fingerprint density at radius 1 is 1.00 bits per heavy atom. The fourth-order valence-electron chi connectivity index (χ4n) is 0.796. The van der Waals surface area contributed by atoms with Gasteiger partial charge in [0.25, 0.3) is 0 Å². The molecule has 98 valence electrons. The Morgan fingerprint density at radius 3 is 2.00 bits per heavy atom. The van der Waals surface area contributed by atoms with E-state index in [1.54, 1.807) is 20.8 Å². The van der Waals surface area contributed by atoms with Crippen molar-refractivity contribution >= 4 is 17.9 Å². The number of carbonyl (C=O) groups is 3. The molecule has 3 amide bonds. The molecule has 7 heteroatoms. The molecule has 0 rings (SSSR count). The van der Waals surface area contributed by atoms with Crippen molar-refractivity contribution in [1.82, 2.24) is 16.0 Å². The van der Waals surface area contributed by atoms with Crippen molar-refractivity contribution in [3.63, 3.8) is 0 Å². The lowest BCUT2D eigenvalue weighted by Crippen LogP contribution is -2.42. The summed E-state index contributed by atoms with van der Waals surface area (Å²) in [6.07, 6.45) is -0.674. The molecule has 0 spiro atoms. The third-order valence-electron chi connectivity index (χ3n) is 1.52. The van der Waals surface area contributed by atoms with E-state index >= 15 is 0 Å². The zero-order valence-corrected chi connectivity index (χ0v) is 10.5. The number of nitrogens with one attached hydrogen (secondary N) is 3. The van der Waals surface area contributed by atoms with E-state index in [9.17, 15) is 14.4 Å². The number of carbonyl (C=O) groups excluding carboxylic acids is 3. The second-order valence-electron chi connectivity index (χ2n) is 4.31. The first-order chi connectivity index (χ1) is 7.74. The lowest BCUT2D eigenvalue weighted by molar-refractivity contribution is -0.125. The minimum atomic E-state index is -0.674. The summed E-state index contributed by atoms with van der Waals surface area (Å²) in [5.74, 6) is -0.768. The van der Waals surface area contributed by atoms with Crippen molar-refractivity contribution in [1.29, 1.82) is 0 Å². The Balaban J connectivity index is 3.77. The summed E-state index contributed by atoms with van der Waals surface area (Å²) in [4.78, 5) is 33.1. The van der Waals surface area contributed by atoms with Crippen LogP contribution in [0.4, 0.5) is 4.79 Å². The van der Waals surface area contributed by atoms with Crippen LogP contribution in [-0.2, 0) is 14.3 Å². The average molecular weight is 245 g/mol. The van der Waals surface area contributed by atoms with E-state index in [1.165, 1.54) is 7.05 Å². The van der Waals surface area contributed by atoms with Crippen molar-refractivity contribution < 1.29 is 19.1 Å². The Bertz CT molecular complexity index is 296. The standard InChI is InChI=1S/C10H19N3O4/c1-10(2,3)17-9(16)13-6-8(15)12-5-7(14)11-4/h5-6H2,1-4H3,(H,11,14)(H,12,15)(H,13,16). The maximum atomic E-state index is 11.2. The summed E-state index contributed by atoms with van der Waals surface area (Å²) in [5.41, 5.74) is -0.608. The molecule has 0 aromatic carbocycles. The summed E-state index contributed by atoms with van der Waals surface area (Å²) >= 11 is 0. The van der Waals surface area contributed by atoms with E-state index in [0.717, 1.165) is 0 Å². The predicted molar refractivity (Wildman–Crippen MR) is 61.3 cm³/mol. The molecule has 0 atom stereocenters. The maximum absolute atomic E-state index is 11.2. The van der Waals surface area contributed by atoms with E-state index in [2.05, 4.69) is 16.0 Å². The fraction of sp³-hybridized carbons (Fsp3) is 0.700. The van der Waals surface area contributed by atoms with Crippen LogP contribution in [0.3, 0.4) is 0 Å². The van der Waals surface area contributed by atoms with Crippen molar-refractivity contribution in [2.24, 2.45) is 0 Å². The Labute approximate surface area is 100 Å². The van der Waals surface area contributed by atoms with Crippen LogP contribution < -0.4 is 16.0 Å². The van der Waals surface area contributed by atoms with Gasteiger partial charge in [-0.05, 0) is 20.8 Å². The van der Waals surface area contributed by atoms with Gasteiger partial charge in [0.1, 0.15) is 12.1 Å². The molecule has 0 aliphatic rings. The van der Waals surface area contributed by atoms with Gasteiger partial charge >= 0.3 is 6.09 Å². The number of rotatable bonds is 4. The highest BCUT2D eigenvalue weighted by Gasteiger charge is 2.16. The lowest BCUT2D eigenvalue weighted by atomic mass is 10.2. The van der Waals surface area contributed by atoms with Crippen LogP contribution in [0.2, 0.25) is 0 Å². The highest BCUT2D eigenvalue weighted by molar-refractivity contribution is 5.86. The molecular formula is C10H19N3O4. The van der Waals surface area contributed by atoms with Gasteiger partial charge in [-0.2, -0.15) is 0 Å². The summed E-state index contributed by atoms with van der Waals surface area (Å²) in [7, 11) is 1.47. The number of amides is 3. The van der Waals surface area contributed by atoms with Crippen LogP contribution in [0.25, 0.3) is 0 Å². The van der Waals surface area contributed by atoms with Crippen LogP contribution in [0.5, 0.6) is 0 Å². The first-order valence-corrected chi connectivity index (χ1v) is 5.18. The second kappa shape index (κ2) is 6.72. The highest BCUT2D eigenvalue weighted by Crippen LogP contribution is 2.05. The van der Waals surface area contributed by atoms with E-state index in [-0.39, 0.29) is 19.0 Å². The molecule has 0 aromatic rings. The second-order valence-corrected chi connectivity index (χ2v) is 4.31. The van der Waals surface area contributed by atoms with Gasteiger partial charge in [-0.25, -0.2) is 4.79 Å². The normalized spacial score (nSPS) is 10.4. The van der Waals surface area contributed by atoms with Gasteiger partial charge in [-0.15, -0.1) is 0 Å². The molecule has 0 radical (unpaired) electrons. The molecule has 17 heavy (non-hydrogen) atoms. The van der Waals surface area contributed by atoms with Crippen LogP contribution in [-0.4, -0.2) is 43.6 Å². The van der Waals surface area contributed by atoms with Crippen LogP contribution in [0.1, 0.15) is 20.8 Å². The zero-order chi connectivity index (χ0) is 13.5. The fourth-order valence-corrected chi connectivity index (χ4v) is 0.796. The predicted octanol–water partition coefficient (Wildman–Crippen LogP) is -0.627. The number of likely N-dealkylation sites (N-methyl/N-ethyl adjacent to an activating group) is 1. The SMILES string of the molecule is CNC(=O)CNC(=O)CNC(=O)OC(C)(C)C. The molecular weight excluding hydrogens is 226 g/mol. The van der Waals surface area contributed by atoms with Crippen LogP contribution in [0, 0.1) is 0 Å². The van der Waals surface area contributed by atoms with E-state index in [1.807, 2.05) is 0 Å². The Hall–Kier alpha value is -1.79. The monoisotopic (exact) mass is 245 g/mol. The van der Waals surface area contributed by atoms with E-state index in [0.29, 0.717) is 0 Å². The van der Waals surface area contributed by atoms with Gasteiger partial charge in [-0.1, -0.05) is 0 Å². The first-order valence-electron chi connectivity index (χ1n) is 5.18. The maximum Gasteiger partial charge on any atom is 0.408 e. The summed E-state index contributed by atoms with van der Waals surface area (Å²) in [6.45, 7) is 4.81. The van der Waals surface area contributed by atoms with Crippen molar-refractivity contribution in [3.8, 4) is 0 Å². The zero-order valence-electron chi connectivity index (χ0n) is 10.5. The summed E-state index contributed by atoms with van der Waals surface area (Å²) < 4.78 is 4.93. The minimum absolute atomic E-state index is 0.120. The third kappa shape index (κ3) is 9.16. The van der Waals surface area contributed by atoms with Gasteiger partial charge in [-0.3, -0.25) is 9.59 Å². The summed E-state index contributed by atoms with van der Waals surface area (Å²) in [6, 6.07) is 0. The molecule has 0 fully saturated rings. The molecule has 0 aliphatic heterocycles. The van der Waals surface area contributed by atoms with Gasteiger partial charge in [0.05, 0.1) is 6.54 Å². The Kier molecular flexibility index (Phi) is 6.01. The van der Waals surface area contributed by atoms with E-state index in [4.69, 9.17) is 4.74 Å². The average Bonchev–Trinajstić information content (AvgIpc) is 2.20. The van der Waals surface area contributed by atoms with Gasteiger partial charge in [0.15, 0.2) is 0 Å². The topological polar surface area (TPSA) is 96.5 Å². The smallest absolute Gasteiger partial charge is 0.408 e. The number of alkyl carbamates (subject to hydrolysis) is 1. The first kappa shape index (κ1) is 15.2. The number of hydrogen-bond donors (Lipinski definition) is 3. The number of hydrogen-bond acceptors (Lipinski definition) is 4.